The molecule has 1 N–H and O–H groups in total. The molecule has 0 aliphatic rings. The zero-order chi connectivity index (χ0) is 13.6. The first kappa shape index (κ1) is 15.2. The van der Waals surface area contributed by atoms with Crippen LogP contribution in [-0.4, -0.2) is 27.4 Å². The second kappa shape index (κ2) is 6.88. The van der Waals surface area contributed by atoms with Crippen molar-refractivity contribution in [1.82, 2.24) is 20.1 Å². The minimum atomic E-state index is 0.314. The Morgan fingerprint density at radius 1 is 1.33 bits per heavy atom. The SMILES string of the molecule is CCNC(CCCc1ncnn1CC)C(C)(C)C. The van der Waals surface area contributed by atoms with Crippen LogP contribution in [0.5, 0.6) is 0 Å². The van der Waals surface area contributed by atoms with Gasteiger partial charge in [-0.05, 0) is 31.7 Å². The summed E-state index contributed by atoms with van der Waals surface area (Å²) in [5, 5.41) is 7.80. The molecule has 0 spiro atoms. The number of aryl methyl sites for hydroxylation is 2. The fraction of sp³-hybridized carbons (Fsp3) is 0.857. The number of nitrogens with one attached hydrogen (secondary N) is 1. The Morgan fingerprint density at radius 2 is 2.06 bits per heavy atom. The van der Waals surface area contributed by atoms with Gasteiger partial charge in [0.2, 0.25) is 0 Å². The Morgan fingerprint density at radius 3 is 2.61 bits per heavy atom. The molecule has 0 radical (unpaired) electrons. The first-order valence-electron chi connectivity index (χ1n) is 7.09. The highest BCUT2D eigenvalue weighted by Gasteiger charge is 2.23. The van der Waals surface area contributed by atoms with Gasteiger partial charge in [0.25, 0.3) is 0 Å². The van der Waals surface area contributed by atoms with E-state index in [1.807, 2.05) is 4.68 Å². The van der Waals surface area contributed by atoms with E-state index in [1.54, 1.807) is 6.33 Å². The maximum absolute atomic E-state index is 4.32. The Balaban J connectivity index is 2.44. The second-order valence-electron chi connectivity index (χ2n) is 5.86. The van der Waals surface area contributed by atoms with Crippen molar-refractivity contribution < 1.29 is 0 Å². The molecule has 1 heterocycles. The van der Waals surface area contributed by atoms with Crippen LogP contribution in [0.1, 0.15) is 53.3 Å². The van der Waals surface area contributed by atoms with E-state index in [2.05, 4.69) is 50.0 Å². The molecule has 18 heavy (non-hydrogen) atoms. The average Bonchev–Trinajstić information content (AvgIpc) is 2.74. The van der Waals surface area contributed by atoms with E-state index in [4.69, 9.17) is 0 Å². The van der Waals surface area contributed by atoms with Gasteiger partial charge in [0.1, 0.15) is 12.2 Å². The minimum absolute atomic E-state index is 0.314. The summed E-state index contributed by atoms with van der Waals surface area (Å²) in [5.74, 6) is 1.11. The zero-order valence-electron chi connectivity index (χ0n) is 12.5. The largest absolute Gasteiger partial charge is 0.314 e. The van der Waals surface area contributed by atoms with E-state index in [9.17, 15) is 0 Å². The Labute approximate surface area is 111 Å². The lowest BCUT2D eigenvalue weighted by atomic mass is 9.83. The van der Waals surface area contributed by atoms with E-state index in [1.165, 1.54) is 6.42 Å². The third-order valence-corrected chi connectivity index (χ3v) is 3.38. The van der Waals surface area contributed by atoms with Crippen LogP contribution >= 0.6 is 0 Å². The Kier molecular flexibility index (Phi) is 5.79. The van der Waals surface area contributed by atoms with Gasteiger partial charge in [-0.15, -0.1) is 0 Å². The first-order chi connectivity index (χ1) is 8.49. The lowest BCUT2D eigenvalue weighted by Gasteiger charge is -2.31. The summed E-state index contributed by atoms with van der Waals surface area (Å²) in [6.07, 6.45) is 5.03. The van der Waals surface area contributed by atoms with Crippen LogP contribution in [0.2, 0.25) is 0 Å². The molecule has 1 rings (SSSR count). The van der Waals surface area contributed by atoms with Crippen LogP contribution in [0.3, 0.4) is 0 Å². The lowest BCUT2D eigenvalue weighted by molar-refractivity contribution is 0.254. The molecule has 1 unspecified atom stereocenters. The summed E-state index contributed by atoms with van der Waals surface area (Å²) in [6.45, 7) is 13.1. The highest BCUT2D eigenvalue weighted by molar-refractivity contribution is 4.86. The molecule has 0 aliphatic heterocycles. The van der Waals surface area contributed by atoms with Crippen molar-refractivity contribution in [1.29, 1.82) is 0 Å². The van der Waals surface area contributed by atoms with Crippen LogP contribution in [-0.2, 0) is 13.0 Å². The van der Waals surface area contributed by atoms with Crippen LogP contribution < -0.4 is 5.32 Å². The normalized spacial score (nSPS) is 13.8. The summed E-state index contributed by atoms with van der Waals surface area (Å²) < 4.78 is 1.99. The summed E-state index contributed by atoms with van der Waals surface area (Å²) in [7, 11) is 0. The highest BCUT2D eigenvalue weighted by atomic mass is 15.3. The van der Waals surface area contributed by atoms with Gasteiger partial charge in [-0.25, -0.2) is 4.98 Å². The standard InChI is InChI=1S/C14H28N4/c1-6-15-12(14(3,4)5)9-8-10-13-16-11-17-18(13)7-2/h11-12,15H,6-10H2,1-5H3. The van der Waals surface area contributed by atoms with Gasteiger partial charge in [0.15, 0.2) is 0 Å². The maximum Gasteiger partial charge on any atom is 0.138 e. The number of hydrogen-bond donors (Lipinski definition) is 1. The summed E-state index contributed by atoms with van der Waals surface area (Å²) in [5.41, 5.74) is 0.314. The van der Waals surface area contributed by atoms with E-state index >= 15 is 0 Å². The third-order valence-electron chi connectivity index (χ3n) is 3.38. The van der Waals surface area contributed by atoms with E-state index in [0.717, 1.165) is 31.8 Å². The molecular formula is C14H28N4. The molecule has 0 saturated carbocycles. The predicted octanol–water partition coefficient (Wildman–Crippen LogP) is 2.64. The van der Waals surface area contributed by atoms with Gasteiger partial charge >= 0.3 is 0 Å². The van der Waals surface area contributed by atoms with Crippen molar-refractivity contribution in [3.63, 3.8) is 0 Å². The molecule has 0 bridgehead atoms. The van der Waals surface area contributed by atoms with Crippen molar-refractivity contribution in [2.24, 2.45) is 5.41 Å². The number of nitrogens with zero attached hydrogens (tertiary/aromatic N) is 3. The summed E-state index contributed by atoms with van der Waals surface area (Å²) in [4.78, 5) is 4.32. The van der Waals surface area contributed by atoms with E-state index < -0.39 is 0 Å². The number of aromatic nitrogens is 3. The topological polar surface area (TPSA) is 42.7 Å². The van der Waals surface area contributed by atoms with Crippen LogP contribution in [0, 0.1) is 5.41 Å². The van der Waals surface area contributed by atoms with Crippen molar-refractivity contribution >= 4 is 0 Å². The first-order valence-corrected chi connectivity index (χ1v) is 7.09. The maximum atomic E-state index is 4.32. The highest BCUT2D eigenvalue weighted by Crippen LogP contribution is 2.23. The van der Waals surface area contributed by atoms with Crippen molar-refractivity contribution in [2.75, 3.05) is 6.54 Å². The molecule has 1 aromatic heterocycles. The predicted molar refractivity (Wildman–Crippen MR) is 75.6 cm³/mol. The Bertz CT molecular complexity index is 338. The van der Waals surface area contributed by atoms with E-state index in [0.29, 0.717) is 11.5 Å². The van der Waals surface area contributed by atoms with Gasteiger partial charge in [-0.2, -0.15) is 5.10 Å². The van der Waals surface area contributed by atoms with Crippen LogP contribution in [0.4, 0.5) is 0 Å². The lowest BCUT2D eigenvalue weighted by Crippen LogP contribution is -2.40. The molecule has 1 atom stereocenters. The van der Waals surface area contributed by atoms with Gasteiger partial charge in [0, 0.05) is 19.0 Å². The van der Waals surface area contributed by atoms with Crippen molar-refractivity contribution in [3.05, 3.63) is 12.2 Å². The summed E-state index contributed by atoms with van der Waals surface area (Å²) >= 11 is 0. The summed E-state index contributed by atoms with van der Waals surface area (Å²) in [6, 6.07) is 0.570. The van der Waals surface area contributed by atoms with Gasteiger partial charge in [-0.1, -0.05) is 27.7 Å². The number of rotatable bonds is 7. The van der Waals surface area contributed by atoms with Crippen LogP contribution in [0.15, 0.2) is 6.33 Å². The smallest absolute Gasteiger partial charge is 0.138 e. The quantitative estimate of drug-likeness (QED) is 0.811. The fourth-order valence-electron chi connectivity index (χ4n) is 2.30. The average molecular weight is 252 g/mol. The molecule has 104 valence electrons. The monoisotopic (exact) mass is 252 g/mol. The van der Waals surface area contributed by atoms with Gasteiger partial charge in [0.05, 0.1) is 0 Å². The molecule has 0 saturated heterocycles. The number of hydrogen-bond acceptors (Lipinski definition) is 3. The molecule has 0 aromatic carbocycles. The van der Waals surface area contributed by atoms with Crippen molar-refractivity contribution in [3.8, 4) is 0 Å². The molecule has 0 fully saturated rings. The van der Waals surface area contributed by atoms with Crippen LogP contribution in [0.25, 0.3) is 0 Å². The fourth-order valence-corrected chi connectivity index (χ4v) is 2.30. The molecule has 0 aliphatic carbocycles. The zero-order valence-corrected chi connectivity index (χ0v) is 12.5. The molecule has 4 heteroatoms. The third kappa shape index (κ3) is 4.41. The second-order valence-corrected chi connectivity index (χ2v) is 5.86. The minimum Gasteiger partial charge on any atom is -0.314 e. The van der Waals surface area contributed by atoms with Gasteiger partial charge in [-0.3, -0.25) is 4.68 Å². The van der Waals surface area contributed by atoms with Gasteiger partial charge < -0.3 is 5.32 Å². The molecule has 0 amide bonds. The molecular weight excluding hydrogens is 224 g/mol. The van der Waals surface area contributed by atoms with Crippen molar-refractivity contribution in [2.45, 2.75) is 66.5 Å². The Hall–Kier alpha value is -0.900. The molecule has 4 nitrogen and oxygen atoms in total. The molecule has 1 aromatic rings. The van der Waals surface area contributed by atoms with E-state index in [-0.39, 0.29) is 0 Å².